The Kier molecular flexibility index (Phi) is 11.4. The molecule has 9 N–H and O–H groups in total. The molecule has 38 heavy (non-hydrogen) atoms. The van der Waals surface area contributed by atoms with Gasteiger partial charge in [-0.3, -0.25) is 0 Å². The van der Waals surface area contributed by atoms with Gasteiger partial charge in [0.2, 0.25) is 0 Å². The normalized spacial score (nSPS) is 11.1. The van der Waals surface area contributed by atoms with Crippen LogP contribution in [0.5, 0.6) is 17.2 Å². The van der Waals surface area contributed by atoms with Crippen LogP contribution in [0.4, 0.5) is 0 Å². The summed E-state index contributed by atoms with van der Waals surface area (Å²) in [6, 6.07) is 14.0. The fourth-order valence-corrected chi connectivity index (χ4v) is 4.96. The molecule has 0 saturated heterocycles. The fourth-order valence-electron chi connectivity index (χ4n) is 4.96. The number of methoxy groups -OCH3 is 1. The van der Waals surface area contributed by atoms with Crippen molar-refractivity contribution in [2.45, 2.75) is 45.4 Å². The number of hydrogen-bond acceptors (Lipinski definition) is 7. The summed E-state index contributed by atoms with van der Waals surface area (Å²) in [4.78, 5) is 0. The van der Waals surface area contributed by atoms with Crippen LogP contribution in [0.3, 0.4) is 0 Å². The molecule has 0 aliphatic rings. The van der Waals surface area contributed by atoms with E-state index in [2.05, 4.69) is 19.1 Å². The van der Waals surface area contributed by atoms with Crippen molar-refractivity contribution in [3.8, 4) is 39.5 Å². The lowest BCUT2D eigenvalue weighted by atomic mass is 9.89. The highest BCUT2D eigenvalue weighted by molar-refractivity contribution is 5.80. The van der Waals surface area contributed by atoms with Crippen LogP contribution >= 0.6 is 0 Å². The third kappa shape index (κ3) is 7.05. The standard InChI is InChI=1S/C31H44N4O3/c1-3-4-15-38-31-24(9-13-34)16-26(17-25(31)10-14-35)28-6-5-21(20-29(28)36)30-22(7-11-32)18-27(37-2)19-23(30)8-12-33/h5-6,16-20,36H,3-4,7-15,32-35H2,1-2H3. The van der Waals surface area contributed by atoms with Crippen LogP contribution in [0.2, 0.25) is 0 Å². The van der Waals surface area contributed by atoms with Crippen LogP contribution in [0.1, 0.15) is 42.0 Å². The van der Waals surface area contributed by atoms with Gasteiger partial charge in [-0.05, 0) is 128 Å². The van der Waals surface area contributed by atoms with E-state index in [0.717, 1.165) is 68.8 Å². The Hall–Kier alpha value is -3.10. The minimum absolute atomic E-state index is 0.202. The van der Waals surface area contributed by atoms with Crippen molar-refractivity contribution >= 4 is 0 Å². The number of phenolic OH excluding ortho intramolecular Hbond substituents is 1. The first-order valence-electron chi connectivity index (χ1n) is 13.6. The molecule has 0 amide bonds. The number of benzene rings is 3. The summed E-state index contributed by atoms with van der Waals surface area (Å²) in [6.45, 7) is 4.82. The molecule has 0 fully saturated rings. The smallest absolute Gasteiger partial charge is 0.125 e. The molecule has 7 heteroatoms. The van der Waals surface area contributed by atoms with Gasteiger partial charge in [0, 0.05) is 5.56 Å². The minimum atomic E-state index is 0.202. The maximum Gasteiger partial charge on any atom is 0.125 e. The monoisotopic (exact) mass is 520 g/mol. The number of nitrogens with two attached hydrogens (primary N) is 4. The van der Waals surface area contributed by atoms with E-state index in [1.54, 1.807) is 7.11 Å². The first-order chi connectivity index (χ1) is 18.5. The number of phenols is 1. The number of unbranched alkanes of at least 4 members (excludes halogenated alkanes) is 1. The zero-order chi connectivity index (χ0) is 27.5. The molecule has 0 aromatic heterocycles. The van der Waals surface area contributed by atoms with Crippen molar-refractivity contribution in [1.29, 1.82) is 0 Å². The van der Waals surface area contributed by atoms with E-state index in [0.29, 0.717) is 58.5 Å². The van der Waals surface area contributed by atoms with E-state index >= 15 is 0 Å². The Morgan fingerprint density at radius 2 is 1.26 bits per heavy atom. The van der Waals surface area contributed by atoms with Crippen LogP contribution < -0.4 is 32.4 Å². The molecule has 0 bridgehead atoms. The highest BCUT2D eigenvalue weighted by Crippen LogP contribution is 2.40. The third-order valence-electron chi connectivity index (χ3n) is 6.75. The van der Waals surface area contributed by atoms with Gasteiger partial charge in [0.15, 0.2) is 0 Å². The summed E-state index contributed by atoms with van der Waals surface area (Å²) in [5.41, 5.74) is 31.7. The molecular weight excluding hydrogens is 476 g/mol. The Labute approximate surface area is 227 Å². The topological polar surface area (TPSA) is 143 Å². The van der Waals surface area contributed by atoms with Gasteiger partial charge in [0.1, 0.15) is 17.2 Å². The van der Waals surface area contributed by atoms with E-state index in [9.17, 15) is 5.11 Å². The van der Waals surface area contributed by atoms with Gasteiger partial charge in [0.05, 0.1) is 13.7 Å². The summed E-state index contributed by atoms with van der Waals surface area (Å²) in [5, 5.41) is 11.3. The Bertz CT molecular complexity index is 1140. The molecule has 0 aliphatic heterocycles. The first kappa shape index (κ1) is 29.5. The Balaban J connectivity index is 2.11. The number of ether oxygens (including phenoxy) is 2. The molecule has 7 nitrogen and oxygen atoms in total. The third-order valence-corrected chi connectivity index (χ3v) is 6.75. The molecule has 3 rings (SSSR count). The summed E-state index contributed by atoms with van der Waals surface area (Å²) in [5.74, 6) is 1.86. The molecule has 0 aliphatic carbocycles. The second-order valence-corrected chi connectivity index (χ2v) is 9.53. The molecular formula is C31H44N4O3. The van der Waals surface area contributed by atoms with Crippen LogP contribution in [0.25, 0.3) is 22.3 Å². The maximum absolute atomic E-state index is 11.3. The van der Waals surface area contributed by atoms with E-state index in [-0.39, 0.29) is 5.75 Å². The van der Waals surface area contributed by atoms with Crippen molar-refractivity contribution in [1.82, 2.24) is 0 Å². The quantitative estimate of drug-likeness (QED) is 0.191. The molecule has 206 valence electrons. The van der Waals surface area contributed by atoms with Gasteiger partial charge in [-0.1, -0.05) is 25.5 Å². The van der Waals surface area contributed by atoms with E-state index in [4.69, 9.17) is 32.4 Å². The summed E-state index contributed by atoms with van der Waals surface area (Å²) >= 11 is 0. The predicted octanol–water partition coefficient (Wildman–Crippen LogP) is 3.92. The lowest BCUT2D eigenvalue weighted by Gasteiger charge is -2.20. The van der Waals surface area contributed by atoms with Crippen molar-refractivity contribution in [2.24, 2.45) is 22.9 Å². The van der Waals surface area contributed by atoms with Crippen LogP contribution in [0, 0.1) is 0 Å². The molecule has 3 aromatic carbocycles. The number of hydrogen-bond donors (Lipinski definition) is 5. The Morgan fingerprint density at radius 1 is 0.711 bits per heavy atom. The lowest BCUT2D eigenvalue weighted by Crippen LogP contribution is -2.11. The summed E-state index contributed by atoms with van der Waals surface area (Å²) < 4.78 is 11.7. The zero-order valence-corrected chi connectivity index (χ0v) is 22.9. The van der Waals surface area contributed by atoms with Gasteiger partial charge >= 0.3 is 0 Å². The zero-order valence-electron chi connectivity index (χ0n) is 22.9. The van der Waals surface area contributed by atoms with E-state index < -0.39 is 0 Å². The van der Waals surface area contributed by atoms with Crippen molar-refractivity contribution < 1.29 is 14.6 Å². The summed E-state index contributed by atoms with van der Waals surface area (Å²) in [6.07, 6.45) is 4.79. The lowest BCUT2D eigenvalue weighted by molar-refractivity contribution is 0.303. The maximum atomic E-state index is 11.3. The molecule has 0 heterocycles. The summed E-state index contributed by atoms with van der Waals surface area (Å²) in [7, 11) is 1.66. The van der Waals surface area contributed by atoms with Gasteiger partial charge in [0.25, 0.3) is 0 Å². The number of rotatable bonds is 15. The molecule has 0 spiro atoms. The van der Waals surface area contributed by atoms with Crippen LogP contribution in [0.15, 0.2) is 42.5 Å². The molecule has 0 atom stereocenters. The molecule has 0 unspecified atom stereocenters. The van der Waals surface area contributed by atoms with Crippen LogP contribution in [-0.2, 0) is 25.7 Å². The Morgan fingerprint density at radius 3 is 1.74 bits per heavy atom. The highest BCUT2D eigenvalue weighted by atomic mass is 16.5. The average Bonchev–Trinajstić information content (AvgIpc) is 2.90. The minimum Gasteiger partial charge on any atom is -0.507 e. The second-order valence-electron chi connectivity index (χ2n) is 9.53. The van der Waals surface area contributed by atoms with Gasteiger partial charge in [-0.2, -0.15) is 0 Å². The average molecular weight is 521 g/mol. The van der Waals surface area contributed by atoms with E-state index in [1.807, 2.05) is 30.3 Å². The van der Waals surface area contributed by atoms with Gasteiger partial charge in [-0.15, -0.1) is 0 Å². The fraction of sp³-hybridized carbons (Fsp3) is 0.419. The first-order valence-corrected chi connectivity index (χ1v) is 13.6. The van der Waals surface area contributed by atoms with Crippen LogP contribution in [-0.4, -0.2) is 45.0 Å². The largest absolute Gasteiger partial charge is 0.507 e. The van der Waals surface area contributed by atoms with Crippen molar-refractivity contribution in [3.05, 3.63) is 64.7 Å². The SMILES string of the molecule is CCCCOc1c(CCN)cc(-c2ccc(-c3c(CCN)cc(OC)cc3CCN)cc2O)cc1CCN. The number of aromatic hydroxyl groups is 1. The predicted molar refractivity (Wildman–Crippen MR) is 157 cm³/mol. The van der Waals surface area contributed by atoms with Gasteiger partial charge in [-0.25, -0.2) is 0 Å². The highest BCUT2D eigenvalue weighted by Gasteiger charge is 2.18. The van der Waals surface area contributed by atoms with Crippen molar-refractivity contribution in [3.63, 3.8) is 0 Å². The molecule has 0 saturated carbocycles. The molecule has 0 radical (unpaired) electrons. The second kappa shape index (κ2) is 14.7. The van der Waals surface area contributed by atoms with Crippen molar-refractivity contribution in [2.75, 3.05) is 39.9 Å². The van der Waals surface area contributed by atoms with E-state index in [1.165, 1.54) is 0 Å². The van der Waals surface area contributed by atoms with Gasteiger partial charge < -0.3 is 37.5 Å². The molecule has 3 aromatic rings.